The number of benzene rings is 2. The van der Waals surface area contributed by atoms with Crippen LogP contribution in [-0.2, 0) is 11.0 Å². The number of halogens is 3. The quantitative estimate of drug-likeness (QED) is 0.581. The van der Waals surface area contributed by atoms with Gasteiger partial charge in [0.2, 0.25) is 5.91 Å². The molecule has 0 atom stereocenters. The first kappa shape index (κ1) is 19.4. The molecule has 1 fully saturated rings. The van der Waals surface area contributed by atoms with E-state index < -0.39 is 11.7 Å². The summed E-state index contributed by atoms with van der Waals surface area (Å²) >= 11 is 0. The molecule has 7 heteroatoms. The standard InChI is InChI=1S/C22H21F3N2O2/c1-12-7-15(22(23,24)25)3-5-18(12)14-8-17(9-14)29-16-4-6-20-19(10-16)21(11-26-20)27-13(2)28/h3-7,10-11,14,17,26H,8-9H2,1-2H3,(H,27,28)/t14-,17-. The minimum atomic E-state index is -4.32. The van der Waals surface area contributed by atoms with Gasteiger partial charge in [0.05, 0.1) is 17.4 Å². The topological polar surface area (TPSA) is 54.1 Å². The van der Waals surface area contributed by atoms with Gasteiger partial charge < -0.3 is 15.0 Å². The highest BCUT2D eigenvalue weighted by Crippen LogP contribution is 2.42. The highest BCUT2D eigenvalue weighted by Gasteiger charge is 2.35. The molecule has 0 radical (unpaired) electrons. The number of fused-ring (bicyclic) bond motifs is 1. The second kappa shape index (κ2) is 7.13. The lowest BCUT2D eigenvalue weighted by Crippen LogP contribution is -2.32. The minimum Gasteiger partial charge on any atom is -0.490 e. The SMILES string of the molecule is CC(=O)Nc1c[nH]c2ccc(O[C@H]3C[C@H](c4ccc(C(F)(F)F)cc4C)C3)cc12. The van der Waals surface area contributed by atoms with Gasteiger partial charge in [-0.3, -0.25) is 4.79 Å². The molecular weight excluding hydrogens is 381 g/mol. The van der Waals surface area contributed by atoms with Gasteiger partial charge in [0.1, 0.15) is 5.75 Å². The molecule has 0 saturated heterocycles. The van der Waals surface area contributed by atoms with E-state index in [1.54, 1.807) is 19.2 Å². The zero-order valence-corrected chi connectivity index (χ0v) is 16.1. The predicted molar refractivity (Wildman–Crippen MR) is 105 cm³/mol. The molecule has 0 bridgehead atoms. The molecule has 1 aliphatic rings. The van der Waals surface area contributed by atoms with Crippen molar-refractivity contribution in [1.29, 1.82) is 0 Å². The molecule has 29 heavy (non-hydrogen) atoms. The Morgan fingerprint density at radius 2 is 1.93 bits per heavy atom. The van der Waals surface area contributed by atoms with E-state index >= 15 is 0 Å². The maximum Gasteiger partial charge on any atom is 0.416 e. The lowest BCUT2D eigenvalue weighted by atomic mass is 9.76. The van der Waals surface area contributed by atoms with Crippen LogP contribution in [0.25, 0.3) is 10.9 Å². The molecule has 0 aliphatic heterocycles. The molecule has 1 aromatic heterocycles. The van der Waals surface area contributed by atoms with Crippen molar-refractivity contribution in [2.75, 3.05) is 5.32 Å². The van der Waals surface area contributed by atoms with E-state index in [9.17, 15) is 18.0 Å². The van der Waals surface area contributed by atoms with Gasteiger partial charge in [-0.15, -0.1) is 0 Å². The van der Waals surface area contributed by atoms with Crippen molar-refractivity contribution >= 4 is 22.5 Å². The molecule has 152 valence electrons. The van der Waals surface area contributed by atoms with Gasteiger partial charge >= 0.3 is 6.18 Å². The Kier molecular flexibility index (Phi) is 4.76. The summed E-state index contributed by atoms with van der Waals surface area (Å²) in [6.07, 6.45) is -1.04. The molecular formula is C22H21F3N2O2. The van der Waals surface area contributed by atoms with Crippen LogP contribution in [0.4, 0.5) is 18.9 Å². The number of anilines is 1. The maximum atomic E-state index is 12.8. The van der Waals surface area contributed by atoms with Gasteiger partial charge in [-0.1, -0.05) is 6.07 Å². The summed E-state index contributed by atoms with van der Waals surface area (Å²) in [4.78, 5) is 14.4. The second-order valence-corrected chi connectivity index (χ2v) is 7.57. The number of aromatic nitrogens is 1. The Hall–Kier alpha value is -2.96. The summed E-state index contributed by atoms with van der Waals surface area (Å²) in [7, 11) is 0. The van der Waals surface area contributed by atoms with Gasteiger partial charge in [0.15, 0.2) is 0 Å². The van der Waals surface area contributed by atoms with Crippen LogP contribution in [0.5, 0.6) is 5.75 Å². The number of alkyl halides is 3. The number of aromatic amines is 1. The van der Waals surface area contributed by atoms with Crippen molar-refractivity contribution in [3.05, 3.63) is 59.3 Å². The van der Waals surface area contributed by atoms with Crippen LogP contribution in [0.15, 0.2) is 42.6 Å². The predicted octanol–water partition coefficient (Wildman–Crippen LogP) is 5.78. The van der Waals surface area contributed by atoms with Crippen molar-refractivity contribution < 1.29 is 22.7 Å². The Labute approximate surface area is 166 Å². The van der Waals surface area contributed by atoms with E-state index in [1.807, 2.05) is 18.2 Å². The highest BCUT2D eigenvalue weighted by atomic mass is 19.4. The number of hydrogen-bond donors (Lipinski definition) is 2. The van der Waals surface area contributed by atoms with Gasteiger partial charge in [-0.05, 0) is 67.1 Å². The number of aryl methyl sites for hydroxylation is 1. The van der Waals surface area contributed by atoms with Crippen LogP contribution in [0.3, 0.4) is 0 Å². The molecule has 1 saturated carbocycles. The first-order valence-electron chi connectivity index (χ1n) is 9.44. The molecule has 1 heterocycles. The van der Waals surface area contributed by atoms with E-state index in [2.05, 4.69) is 10.3 Å². The van der Waals surface area contributed by atoms with E-state index in [1.165, 1.54) is 13.0 Å². The third kappa shape index (κ3) is 3.95. The molecule has 4 nitrogen and oxygen atoms in total. The maximum absolute atomic E-state index is 12.8. The fourth-order valence-corrected chi connectivity index (χ4v) is 3.88. The summed E-state index contributed by atoms with van der Waals surface area (Å²) in [5, 5.41) is 3.65. The Morgan fingerprint density at radius 1 is 1.17 bits per heavy atom. The molecule has 1 aliphatic carbocycles. The fourth-order valence-electron chi connectivity index (χ4n) is 3.88. The summed E-state index contributed by atoms with van der Waals surface area (Å²) in [6.45, 7) is 3.18. The average molecular weight is 402 g/mol. The lowest BCUT2D eigenvalue weighted by Gasteiger charge is -2.36. The second-order valence-electron chi connectivity index (χ2n) is 7.57. The van der Waals surface area contributed by atoms with E-state index in [-0.39, 0.29) is 17.9 Å². The number of nitrogens with one attached hydrogen (secondary N) is 2. The van der Waals surface area contributed by atoms with E-state index in [0.717, 1.165) is 35.4 Å². The number of amides is 1. The molecule has 0 spiro atoms. The average Bonchev–Trinajstić information content (AvgIpc) is 2.99. The zero-order chi connectivity index (χ0) is 20.8. The molecule has 2 N–H and O–H groups in total. The number of ether oxygens (including phenoxy) is 1. The summed E-state index contributed by atoms with van der Waals surface area (Å²) < 4.78 is 44.6. The van der Waals surface area contributed by atoms with Crippen molar-refractivity contribution in [1.82, 2.24) is 4.98 Å². The lowest BCUT2D eigenvalue weighted by molar-refractivity contribution is -0.137. The van der Waals surface area contributed by atoms with Gasteiger partial charge in [-0.2, -0.15) is 13.2 Å². The van der Waals surface area contributed by atoms with Crippen LogP contribution >= 0.6 is 0 Å². The summed E-state index contributed by atoms with van der Waals surface area (Å²) in [5.41, 5.74) is 2.60. The highest BCUT2D eigenvalue weighted by molar-refractivity contribution is 6.01. The number of H-pyrrole nitrogens is 1. The van der Waals surface area contributed by atoms with Crippen LogP contribution in [-0.4, -0.2) is 17.0 Å². The largest absolute Gasteiger partial charge is 0.490 e. The summed E-state index contributed by atoms with van der Waals surface area (Å²) in [6, 6.07) is 9.60. The third-order valence-corrected chi connectivity index (χ3v) is 5.40. The van der Waals surface area contributed by atoms with Crippen LogP contribution in [0, 0.1) is 6.92 Å². The van der Waals surface area contributed by atoms with Gasteiger partial charge in [0.25, 0.3) is 0 Å². The van der Waals surface area contributed by atoms with E-state index in [4.69, 9.17) is 4.74 Å². The molecule has 0 unspecified atom stereocenters. The third-order valence-electron chi connectivity index (χ3n) is 5.40. The van der Waals surface area contributed by atoms with Crippen molar-refractivity contribution in [3.63, 3.8) is 0 Å². The number of carbonyl (C=O) groups is 1. The van der Waals surface area contributed by atoms with Crippen LogP contribution in [0.2, 0.25) is 0 Å². The minimum absolute atomic E-state index is 0.0160. The zero-order valence-electron chi connectivity index (χ0n) is 16.1. The van der Waals surface area contributed by atoms with Crippen LogP contribution in [0.1, 0.15) is 42.4 Å². The summed E-state index contributed by atoms with van der Waals surface area (Å²) in [5.74, 6) is 0.760. The first-order valence-corrected chi connectivity index (χ1v) is 9.44. The number of carbonyl (C=O) groups excluding carboxylic acids is 1. The Bertz CT molecular complexity index is 1070. The van der Waals surface area contributed by atoms with Gasteiger partial charge in [0, 0.05) is 24.0 Å². The normalized spacial score (nSPS) is 19.1. The molecule has 4 rings (SSSR count). The molecule has 2 aromatic carbocycles. The van der Waals surface area contributed by atoms with Gasteiger partial charge in [-0.25, -0.2) is 0 Å². The Morgan fingerprint density at radius 3 is 2.59 bits per heavy atom. The smallest absolute Gasteiger partial charge is 0.416 e. The van der Waals surface area contributed by atoms with Crippen molar-refractivity contribution in [3.8, 4) is 5.75 Å². The van der Waals surface area contributed by atoms with E-state index in [0.29, 0.717) is 17.0 Å². The van der Waals surface area contributed by atoms with Crippen molar-refractivity contribution in [2.24, 2.45) is 0 Å². The molecule has 3 aromatic rings. The first-order chi connectivity index (χ1) is 13.7. The van der Waals surface area contributed by atoms with Crippen molar-refractivity contribution in [2.45, 2.75) is 44.9 Å². The van der Waals surface area contributed by atoms with Crippen LogP contribution < -0.4 is 10.1 Å². The monoisotopic (exact) mass is 402 g/mol. The molecule has 1 amide bonds. The number of hydrogen-bond acceptors (Lipinski definition) is 2. The number of rotatable bonds is 4. The fraction of sp³-hybridized carbons (Fsp3) is 0.318. The Balaban J connectivity index is 1.43.